The van der Waals surface area contributed by atoms with E-state index in [1.807, 2.05) is 19.1 Å². The highest BCUT2D eigenvalue weighted by Gasteiger charge is 2.32. The molecule has 0 bridgehead atoms. The molecule has 3 rings (SSSR count). The highest BCUT2D eigenvalue weighted by molar-refractivity contribution is 5.88. The molecule has 142 valence electrons. The lowest BCUT2D eigenvalue weighted by atomic mass is 9.88. The first-order valence-corrected chi connectivity index (χ1v) is 9.60. The van der Waals surface area contributed by atoms with Crippen molar-refractivity contribution in [1.82, 2.24) is 10.6 Å². The highest BCUT2D eigenvalue weighted by Crippen LogP contribution is 2.29. The summed E-state index contributed by atoms with van der Waals surface area (Å²) < 4.78 is 5.12. The van der Waals surface area contributed by atoms with Gasteiger partial charge < -0.3 is 20.7 Å². The molecule has 0 aromatic heterocycles. The Hall–Kier alpha value is -2.08. The number of anilines is 1. The van der Waals surface area contributed by atoms with Crippen LogP contribution in [0, 0.1) is 12.8 Å². The lowest BCUT2D eigenvalue weighted by Crippen LogP contribution is -2.50. The molecule has 2 unspecified atom stereocenters. The average Bonchev–Trinajstić information content (AvgIpc) is 3.08. The van der Waals surface area contributed by atoms with Gasteiger partial charge in [-0.2, -0.15) is 0 Å². The van der Waals surface area contributed by atoms with E-state index in [4.69, 9.17) is 4.74 Å². The van der Waals surface area contributed by atoms with Gasteiger partial charge in [0.25, 0.3) is 0 Å². The molecule has 1 amide bonds. The summed E-state index contributed by atoms with van der Waals surface area (Å²) in [5, 5.41) is 9.82. The van der Waals surface area contributed by atoms with Crippen LogP contribution in [-0.2, 0) is 20.7 Å². The van der Waals surface area contributed by atoms with Crippen LogP contribution in [0.1, 0.15) is 37.3 Å². The standard InChI is InChI=1S/C20H29N3O3/c1-3-26-18(24)12-16(14-7-9-21-10-8-14)23-20(25)17-11-15-6-4-5-13(2)19(15)22-17/h4-6,14,16-17,21-22H,3,7-12H2,1-2H3,(H,23,25). The molecule has 0 radical (unpaired) electrons. The van der Waals surface area contributed by atoms with Gasteiger partial charge >= 0.3 is 5.97 Å². The molecular formula is C20H29N3O3. The summed E-state index contributed by atoms with van der Waals surface area (Å²) in [6, 6.07) is 5.68. The number of carbonyl (C=O) groups excluding carboxylic acids is 2. The van der Waals surface area contributed by atoms with Crippen molar-refractivity contribution in [1.29, 1.82) is 0 Å². The van der Waals surface area contributed by atoms with Crippen LogP contribution in [0.25, 0.3) is 0 Å². The van der Waals surface area contributed by atoms with Gasteiger partial charge in [0.05, 0.1) is 13.0 Å². The Morgan fingerprint density at radius 1 is 1.31 bits per heavy atom. The Morgan fingerprint density at radius 2 is 2.08 bits per heavy atom. The monoisotopic (exact) mass is 359 g/mol. The highest BCUT2D eigenvalue weighted by atomic mass is 16.5. The molecule has 1 fully saturated rings. The van der Waals surface area contributed by atoms with Gasteiger partial charge in [-0.3, -0.25) is 9.59 Å². The molecule has 26 heavy (non-hydrogen) atoms. The number of amides is 1. The van der Waals surface area contributed by atoms with E-state index in [-0.39, 0.29) is 30.4 Å². The van der Waals surface area contributed by atoms with Crippen LogP contribution in [-0.4, -0.2) is 43.7 Å². The largest absolute Gasteiger partial charge is 0.466 e. The number of hydrogen-bond donors (Lipinski definition) is 3. The van der Waals surface area contributed by atoms with Crippen molar-refractivity contribution in [2.45, 2.75) is 51.6 Å². The third-order valence-corrected chi connectivity index (χ3v) is 5.39. The number of esters is 1. The van der Waals surface area contributed by atoms with E-state index in [1.165, 1.54) is 5.56 Å². The predicted molar refractivity (Wildman–Crippen MR) is 101 cm³/mol. The summed E-state index contributed by atoms with van der Waals surface area (Å²) in [4.78, 5) is 24.9. The van der Waals surface area contributed by atoms with Gasteiger partial charge in [0.2, 0.25) is 5.91 Å². The molecule has 6 heteroatoms. The number of aryl methyl sites for hydroxylation is 1. The van der Waals surface area contributed by atoms with Crippen molar-refractivity contribution in [3.05, 3.63) is 29.3 Å². The maximum Gasteiger partial charge on any atom is 0.307 e. The van der Waals surface area contributed by atoms with Crippen LogP contribution in [0.4, 0.5) is 5.69 Å². The zero-order valence-corrected chi connectivity index (χ0v) is 15.6. The van der Waals surface area contributed by atoms with E-state index in [0.29, 0.717) is 18.9 Å². The minimum Gasteiger partial charge on any atom is -0.466 e. The fraction of sp³-hybridized carbons (Fsp3) is 0.600. The average molecular weight is 359 g/mol. The molecule has 0 aliphatic carbocycles. The molecule has 1 aromatic carbocycles. The van der Waals surface area contributed by atoms with Crippen LogP contribution < -0.4 is 16.0 Å². The summed E-state index contributed by atoms with van der Waals surface area (Å²) >= 11 is 0. The molecule has 2 atom stereocenters. The summed E-state index contributed by atoms with van der Waals surface area (Å²) in [6.45, 7) is 6.06. The maximum absolute atomic E-state index is 12.9. The Morgan fingerprint density at radius 3 is 2.77 bits per heavy atom. The van der Waals surface area contributed by atoms with Crippen LogP contribution in [0.5, 0.6) is 0 Å². The van der Waals surface area contributed by atoms with Gasteiger partial charge in [-0.15, -0.1) is 0 Å². The molecule has 3 N–H and O–H groups in total. The number of carbonyl (C=O) groups is 2. The van der Waals surface area contributed by atoms with Crippen LogP contribution in [0.15, 0.2) is 18.2 Å². The first kappa shape index (κ1) is 18.7. The summed E-state index contributed by atoms with van der Waals surface area (Å²) in [5.74, 6) is 0.0263. The first-order valence-electron chi connectivity index (χ1n) is 9.60. The molecule has 1 saturated heterocycles. The van der Waals surface area contributed by atoms with Crippen molar-refractivity contribution in [2.75, 3.05) is 25.0 Å². The van der Waals surface area contributed by atoms with E-state index in [1.54, 1.807) is 6.92 Å². The number of nitrogens with one attached hydrogen (secondary N) is 3. The molecular weight excluding hydrogens is 330 g/mol. The number of benzene rings is 1. The Bertz CT molecular complexity index is 656. The Balaban J connectivity index is 1.65. The zero-order chi connectivity index (χ0) is 18.5. The van der Waals surface area contributed by atoms with Crippen molar-refractivity contribution in [3.63, 3.8) is 0 Å². The summed E-state index contributed by atoms with van der Waals surface area (Å²) in [5.41, 5.74) is 3.39. The number of rotatable bonds is 6. The van der Waals surface area contributed by atoms with Gasteiger partial charge in [-0.1, -0.05) is 18.2 Å². The second-order valence-corrected chi connectivity index (χ2v) is 7.22. The maximum atomic E-state index is 12.9. The molecule has 2 heterocycles. The SMILES string of the molecule is CCOC(=O)CC(NC(=O)C1Cc2cccc(C)c2N1)C1CCNCC1. The van der Waals surface area contributed by atoms with E-state index < -0.39 is 0 Å². The predicted octanol–water partition coefficient (Wildman–Crippen LogP) is 1.77. The lowest BCUT2D eigenvalue weighted by Gasteiger charge is -2.31. The smallest absolute Gasteiger partial charge is 0.307 e. The second kappa shape index (κ2) is 8.54. The number of fused-ring (bicyclic) bond motifs is 1. The Kier molecular flexibility index (Phi) is 6.14. The van der Waals surface area contributed by atoms with Crippen LogP contribution >= 0.6 is 0 Å². The zero-order valence-electron chi connectivity index (χ0n) is 15.6. The second-order valence-electron chi connectivity index (χ2n) is 7.22. The number of para-hydroxylation sites is 1. The normalized spacial score (nSPS) is 20.8. The van der Waals surface area contributed by atoms with Gasteiger partial charge in [0.1, 0.15) is 6.04 Å². The van der Waals surface area contributed by atoms with Crippen LogP contribution in [0.2, 0.25) is 0 Å². The molecule has 0 saturated carbocycles. The van der Waals surface area contributed by atoms with Gasteiger partial charge in [0, 0.05) is 18.2 Å². The van der Waals surface area contributed by atoms with E-state index in [0.717, 1.165) is 37.2 Å². The first-order chi connectivity index (χ1) is 12.6. The fourth-order valence-electron chi connectivity index (χ4n) is 3.97. The topological polar surface area (TPSA) is 79.5 Å². The van der Waals surface area contributed by atoms with Gasteiger partial charge in [-0.25, -0.2) is 0 Å². The molecule has 2 aliphatic rings. The summed E-state index contributed by atoms with van der Waals surface area (Å²) in [7, 11) is 0. The lowest BCUT2D eigenvalue weighted by molar-refractivity contribution is -0.144. The third-order valence-electron chi connectivity index (χ3n) is 5.39. The van der Waals surface area contributed by atoms with E-state index in [9.17, 15) is 9.59 Å². The fourth-order valence-corrected chi connectivity index (χ4v) is 3.97. The Labute approximate surface area is 155 Å². The molecule has 2 aliphatic heterocycles. The number of hydrogen-bond acceptors (Lipinski definition) is 5. The van der Waals surface area contributed by atoms with Crippen LogP contribution in [0.3, 0.4) is 0 Å². The van der Waals surface area contributed by atoms with Gasteiger partial charge in [0.15, 0.2) is 0 Å². The minimum absolute atomic E-state index is 0.0339. The van der Waals surface area contributed by atoms with Crippen molar-refractivity contribution in [3.8, 4) is 0 Å². The van der Waals surface area contributed by atoms with Crippen molar-refractivity contribution < 1.29 is 14.3 Å². The van der Waals surface area contributed by atoms with E-state index in [2.05, 4.69) is 22.0 Å². The number of ether oxygens (including phenoxy) is 1. The molecule has 0 spiro atoms. The quantitative estimate of drug-likeness (QED) is 0.675. The van der Waals surface area contributed by atoms with E-state index >= 15 is 0 Å². The molecule has 6 nitrogen and oxygen atoms in total. The van der Waals surface area contributed by atoms with Crippen molar-refractivity contribution >= 4 is 17.6 Å². The van der Waals surface area contributed by atoms with Gasteiger partial charge in [-0.05, 0) is 56.8 Å². The third kappa shape index (κ3) is 4.36. The van der Waals surface area contributed by atoms with Crippen molar-refractivity contribution in [2.24, 2.45) is 5.92 Å². The number of piperidine rings is 1. The summed E-state index contributed by atoms with van der Waals surface area (Å²) in [6.07, 6.45) is 2.84. The minimum atomic E-state index is -0.280. The molecule has 1 aromatic rings.